The molecule has 0 aromatic rings. The molecule has 0 spiro atoms. The van der Waals surface area contributed by atoms with E-state index in [2.05, 4.69) is 62.5 Å². The molecule has 0 aliphatic heterocycles. The normalized spacial score (nSPS) is 14.4. The number of unbranched alkanes of at least 4 members (excludes halogenated alkanes) is 16. The van der Waals surface area contributed by atoms with Crippen molar-refractivity contribution in [1.29, 1.82) is 0 Å². The number of rotatable bonds is 38. The number of phosphoric acid groups is 1. The number of phosphoric ester groups is 1. The van der Waals surface area contributed by atoms with Crippen LogP contribution in [0.25, 0.3) is 0 Å². The smallest absolute Gasteiger partial charge is 0.306 e. The molecule has 0 fully saturated rings. The summed E-state index contributed by atoms with van der Waals surface area (Å²) in [5.74, 6) is -0.398. The van der Waals surface area contributed by atoms with Gasteiger partial charge in [0.25, 0.3) is 7.82 Å². The van der Waals surface area contributed by atoms with Crippen LogP contribution in [0, 0.1) is 0 Å². The number of hydrogen-bond acceptors (Lipinski definition) is 7. The van der Waals surface area contributed by atoms with Crippen molar-refractivity contribution in [1.82, 2.24) is 0 Å². The number of allylic oxidation sites excluding steroid dienone is 9. The van der Waals surface area contributed by atoms with Gasteiger partial charge in [-0.15, -0.1) is 0 Å². The van der Waals surface area contributed by atoms with E-state index in [-0.39, 0.29) is 26.2 Å². The molecule has 1 unspecified atom stereocenters. The second kappa shape index (κ2) is 37.0. The Labute approximate surface area is 326 Å². The molecule has 0 bridgehead atoms. The van der Waals surface area contributed by atoms with Crippen LogP contribution in [0.3, 0.4) is 0 Å². The second-order valence-corrected chi connectivity index (χ2v) is 16.5. The Bertz CT molecular complexity index is 1030. The van der Waals surface area contributed by atoms with Gasteiger partial charge in [0, 0.05) is 6.42 Å². The Hall–Kier alpha value is -1.96. The van der Waals surface area contributed by atoms with Crippen LogP contribution in [-0.4, -0.2) is 64.1 Å². The minimum absolute atomic E-state index is 0.00288. The molecule has 53 heavy (non-hydrogen) atoms. The van der Waals surface area contributed by atoms with E-state index in [9.17, 15) is 14.3 Å². The monoisotopic (exact) mass is 766 g/mol. The van der Waals surface area contributed by atoms with Gasteiger partial charge in [0.05, 0.1) is 34.0 Å². The number of quaternary nitrogens is 1. The van der Waals surface area contributed by atoms with Crippen molar-refractivity contribution in [2.75, 3.05) is 47.5 Å². The van der Waals surface area contributed by atoms with Gasteiger partial charge in [-0.3, -0.25) is 9.36 Å². The quantitative estimate of drug-likeness (QED) is 0.0154. The van der Waals surface area contributed by atoms with E-state index < -0.39 is 19.9 Å². The van der Waals surface area contributed by atoms with E-state index in [1.54, 1.807) is 6.26 Å². The van der Waals surface area contributed by atoms with Gasteiger partial charge in [-0.1, -0.05) is 120 Å². The summed E-state index contributed by atoms with van der Waals surface area (Å²) in [4.78, 5) is 25.0. The zero-order chi connectivity index (χ0) is 39.1. The van der Waals surface area contributed by atoms with Gasteiger partial charge >= 0.3 is 5.97 Å². The first-order valence-corrected chi connectivity index (χ1v) is 22.5. The van der Waals surface area contributed by atoms with Crippen molar-refractivity contribution in [3.05, 3.63) is 60.9 Å². The number of carbonyl (C=O) groups excluding carboxylic acids is 1. The van der Waals surface area contributed by atoms with E-state index in [1.807, 2.05) is 27.2 Å². The van der Waals surface area contributed by atoms with Crippen LogP contribution in [-0.2, 0) is 27.9 Å². The maximum absolute atomic E-state index is 12.6. The molecule has 0 amide bonds. The summed E-state index contributed by atoms with van der Waals surface area (Å²) in [5.41, 5.74) is 0. The highest BCUT2D eigenvalue weighted by Crippen LogP contribution is 2.38. The minimum atomic E-state index is -4.55. The number of nitrogens with zero attached hydrogens (tertiary/aromatic N) is 1. The molecule has 0 aromatic carbocycles. The van der Waals surface area contributed by atoms with Crippen LogP contribution in [0.2, 0.25) is 0 Å². The lowest BCUT2D eigenvalue weighted by atomic mass is 10.1. The molecule has 9 heteroatoms. The molecular weight excluding hydrogens is 685 g/mol. The zero-order valence-corrected chi connectivity index (χ0v) is 35.6. The number of hydrogen-bond donors (Lipinski definition) is 0. The van der Waals surface area contributed by atoms with Crippen LogP contribution in [0.1, 0.15) is 162 Å². The molecule has 0 rings (SSSR count). The Morgan fingerprint density at radius 3 is 1.62 bits per heavy atom. The van der Waals surface area contributed by atoms with Gasteiger partial charge in [-0.2, -0.15) is 0 Å². The van der Waals surface area contributed by atoms with Gasteiger partial charge in [0.15, 0.2) is 6.10 Å². The fourth-order valence-electron chi connectivity index (χ4n) is 5.28. The molecule has 308 valence electrons. The lowest BCUT2D eigenvalue weighted by molar-refractivity contribution is -0.870. The number of carbonyl (C=O) groups is 1. The van der Waals surface area contributed by atoms with E-state index >= 15 is 0 Å². The Morgan fingerprint density at radius 1 is 0.604 bits per heavy atom. The Morgan fingerprint density at radius 2 is 1.06 bits per heavy atom. The molecular formula is C44H80NO7P. The molecule has 0 aromatic heterocycles. The van der Waals surface area contributed by atoms with Crippen LogP contribution in [0.4, 0.5) is 0 Å². The topological polar surface area (TPSA) is 94.1 Å². The number of esters is 1. The van der Waals surface area contributed by atoms with Gasteiger partial charge < -0.3 is 27.9 Å². The standard InChI is InChI=1S/C44H80NO7P/c1-6-8-10-12-14-16-18-20-22-24-26-28-30-32-34-36-39-49-41-43(42-51-53(47,48)50-40-38-45(3,4)5)52-44(46)37-35-33-31-29-27-25-23-21-19-17-15-13-11-9-7-2/h15,17,20-23,27,29,36,39,43H,6-14,16,18-19,24-26,28,30-35,37-38,40-42H2,1-5H3/b17-15-,22-20-,23-21-,29-27-,39-36-/t43-/m1/s1. The average molecular weight is 766 g/mol. The van der Waals surface area contributed by atoms with E-state index in [1.165, 1.54) is 89.9 Å². The Balaban J connectivity index is 4.42. The van der Waals surface area contributed by atoms with Crippen molar-refractivity contribution in [2.24, 2.45) is 0 Å². The van der Waals surface area contributed by atoms with Crippen molar-refractivity contribution < 1.29 is 37.3 Å². The van der Waals surface area contributed by atoms with Crippen LogP contribution in [0.15, 0.2) is 60.9 Å². The van der Waals surface area contributed by atoms with Gasteiger partial charge in [-0.25, -0.2) is 0 Å². The van der Waals surface area contributed by atoms with E-state index in [4.69, 9.17) is 18.5 Å². The molecule has 0 heterocycles. The summed E-state index contributed by atoms with van der Waals surface area (Å²) in [6, 6.07) is 0. The van der Waals surface area contributed by atoms with Crippen LogP contribution < -0.4 is 4.89 Å². The lowest BCUT2D eigenvalue weighted by Crippen LogP contribution is -2.37. The molecule has 0 aliphatic rings. The van der Waals surface area contributed by atoms with Crippen molar-refractivity contribution in [3.8, 4) is 0 Å². The van der Waals surface area contributed by atoms with E-state index in [0.717, 1.165) is 44.9 Å². The third-order valence-corrected chi connectivity index (χ3v) is 9.57. The van der Waals surface area contributed by atoms with Crippen molar-refractivity contribution >= 4 is 13.8 Å². The summed E-state index contributed by atoms with van der Waals surface area (Å²) in [7, 11) is 1.29. The Kier molecular flexibility index (Phi) is 35.6. The maximum atomic E-state index is 12.6. The molecule has 0 saturated carbocycles. The first kappa shape index (κ1) is 51.0. The van der Waals surface area contributed by atoms with Crippen LogP contribution in [0.5, 0.6) is 0 Å². The minimum Gasteiger partial charge on any atom is -0.756 e. The molecule has 0 N–H and O–H groups in total. The van der Waals surface area contributed by atoms with Crippen LogP contribution >= 0.6 is 7.82 Å². The number of likely N-dealkylation sites (N-methyl/N-ethyl adjacent to an activating group) is 1. The number of ether oxygens (including phenoxy) is 2. The maximum Gasteiger partial charge on any atom is 0.306 e. The second-order valence-electron chi connectivity index (χ2n) is 15.1. The van der Waals surface area contributed by atoms with Gasteiger partial charge in [-0.05, 0) is 89.5 Å². The average Bonchev–Trinajstić information content (AvgIpc) is 3.11. The van der Waals surface area contributed by atoms with Crippen molar-refractivity contribution in [2.45, 2.75) is 168 Å². The summed E-state index contributed by atoms with van der Waals surface area (Å²) < 4.78 is 34.2. The summed E-state index contributed by atoms with van der Waals surface area (Å²) >= 11 is 0. The first-order valence-electron chi connectivity index (χ1n) is 21.1. The highest BCUT2D eigenvalue weighted by Gasteiger charge is 2.20. The predicted molar refractivity (Wildman–Crippen MR) is 221 cm³/mol. The highest BCUT2D eigenvalue weighted by atomic mass is 31.2. The summed E-state index contributed by atoms with van der Waals surface area (Å²) in [6.07, 6.45) is 46.1. The fraction of sp³-hybridized carbons (Fsp3) is 0.750. The molecule has 0 aliphatic carbocycles. The van der Waals surface area contributed by atoms with Gasteiger partial charge in [0.2, 0.25) is 0 Å². The predicted octanol–water partition coefficient (Wildman–Crippen LogP) is 11.9. The first-order chi connectivity index (χ1) is 25.6. The lowest BCUT2D eigenvalue weighted by Gasteiger charge is -2.28. The summed E-state index contributed by atoms with van der Waals surface area (Å²) in [6.45, 7) is 4.63. The SMILES string of the molecule is CCCCC/C=C\C/C=C\C/C=C\CCCCC(=O)O[C@H](CO/C=C\CCCCCC/C=C\CCCCCCCC)COP(=O)([O-])OCC[N+](C)(C)C. The summed E-state index contributed by atoms with van der Waals surface area (Å²) in [5, 5.41) is 0. The zero-order valence-electron chi connectivity index (χ0n) is 34.7. The largest absolute Gasteiger partial charge is 0.756 e. The fourth-order valence-corrected chi connectivity index (χ4v) is 6.00. The van der Waals surface area contributed by atoms with Crippen molar-refractivity contribution in [3.63, 3.8) is 0 Å². The molecule has 0 saturated heterocycles. The molecule has 2 atom stereocenters. The molecule has 8 nitrogen and oxygen atoms in total. The van der Waals surface area contributed by atoms with E-state index in [0.29, 0.717) is 17.4 Å². The third kappa shape index (κ3) is 41.1. The molecule has 0 radical (unpaired) electrons. The third-order valence-electron chi connectivity index (χ3n) is 8.61. The highest BCUT2D eigenvalue weighted by molar-refractivity contribution is 7.45. The van der Waals surface area contributed by atoms with Gasteiger partial charge in [0.1, 0.15) is 19.8 Å².